The summed E-state index contributed by atoms with van der Waals surface area (Å²) in [5.41, 5.74) is 1.25. The summed E-state index contributed by atoms with van der Waals surface area (Å²) in [5, 5.41) is 9.38. The standard InChI is InChI=1S/C17H18N4O3/c1-11-7-14(24-13(11)8-22)21-10-20-15-16(21)18-9-19-17(15)23-12-5-3-2-4-6-12/h2-6,9-11,13-14,22H,7-8H2,1H3. The van der Waals surface area contributed by atoms with Crippen LogP contribution in [-0.4, -0.2) is 37.3 Å². The molecule has 1 aliphatic rings. The highest BCUT2D eigenvalue weighted by atomic mass is 16.5. The van der Waals surface area contributed by atoms with Gasteiger partial charge in [-0.05, 0) is 24.5 Å². The molecule has 3 unspecified atom stereocenters. The number of rotatable bonds is 4. The number of aliphatic hydroxyl groups excluding tert-OH is 1. The zero-order valence-corrected chi connectivity index (χ0v) is 13.2. The minimum Gasteiger partial charge on any atom is -0.437 e. The van der Waals surface area contributed by atoms with Crippen LogP contribution in [0.4, 0.5) is 0 Å². The van der Waals surface area contributed by atoms with E-state index in [1.54, 1.807) is 6.33 Å². The Morgan fingerprint density at radius 2 is 2.08 bits per heavy atom. The summed E-state index contributed by atoms with van der Waals surface area (Å²) in [4.78, 5) is 12.9. The summed E-state index contributed by atoms with van der Waals surface area (Å²) in [6, 6.07) is 9.44. The van der Waals surface area contributed by atoms with E-state index in [0.717, 1.165) is 6.42 Å². The van der Waals surface area contributed by atoms with Crippen molar-refractivity contribution in [2.24, 2.45) is 5.92 Å². The maximum atomic E-state index is 9.38. The smallest absolute Gasteiger partial charge is 0.250 e. The molecule has 0 radical (unpaired) electrons. The fourth-order valence-electron chi connectivity index (χ4n) is 2.98. The van der Waals surface area contributed by atoms with Crippen LogP contribution in [0.2, 0.25) is 0 Å². The van der Waals surface area contributed by atoms with Gasteiger partial charge in [0.15, 0.2) is 11.2 Å². The minimum atomic E-state index is -0.193. The lowest BCUT2D eigenvalue weighted by atomic mass is 10.0. The fraction of sp³-hybridized carbons (Fsp3) is 0.353. The van der Waals surface area contributed by atoms with E-state index in [1.807, 2.05) is 34.9 Å². The molecule has 0 spiro atoms. The van der Waals surface area contributed by atoms with E-state index in [9.17, 15) is 5.11 Å². The lowest BCUT2D eigenvalue weighted by Crippen LogP contribution is -2.18. The number of imidazole rings is 1. The molecular formula is C17H18N4O3. The van der Waals surface area contributed by atoms with Crippen molar-refractivity contribution < 1.29 is 14.6 Å². The Morgan fingerprint density at radius 3 is 2.83 bits per heavy atom. The van der Waals surface area contributed by atoms with Gasteiger partial charge in [-0.1, -0.05) is 25.1 Å². The molecule has 2 aromatic heterocycles. The van der Waals surface area contributed by atoms with Gasteiger partial charge in [-0.3, -0.25) is 4.57 Å². The maximum absolute atomic E-state index is 9.38. The number of aliphatic hydroxyl groups is 1. The van der Waals surface area contributed by atoms with Gasteiger partial charge in [0.1, 0.15) is 18.3 Å². The number of hydrogen-bond donors (Lipinski definition) is 1. The number of nitrogens with zero attached hydrogens (tertiary/aromatic N) is 4. The predicted molar refractivity (Wildman–Crippen MR) is 86.6 cm³/mol. The molecule has 24 heavy (non-hydrogen) atoms. The number of hydrogen-bond acceptors (Lipinski definition) is 6. The van der Waals surface area contributed by atoms with Gasteiger partial charge in [0.25, 0.3) is 5.88 Å². The predicted octanol–water partition coefficient (Wildman–Crippen LogP) is 2.53. The van der Waals surface area contributed by atoms with Gasteiger partial charge in [-0.2, -0.15) is 4.98 Å². The first kappa shape index (κ1) is 15.0. The fourth-order valence-corrected chi connectivity index (χ4v) is 2.98. The summed E-state index contributed by atoms with van der Waals surface area (Å²) in [6.45, 7) is 2.08. The second-order valence-electron chi connectivity index (χ2n) is 5.94. The molecule has 0 saturated carbocycles. The Balaban J connectivity index is 1.67. The SMILES string of the molecule is CC1CC(n2cnc3c(Oc4ccccc4)ncnc32)OC1CO. The first-order chi connectivity index (χ1) is 11.8. The summed E-state index contributed by atoms with van der Waals surface area (Å²) in [5.74, 6) is 1.38. The van der Waals surface area contributed by atoms with Crippen molar-refractivity contribution in [3.05, 3.63) is 43.0 Å². The summed E-state index contributed by atoms with van der Waals surface area (Å²) in [7, 11) is 0. The molecular weight excluding hydrogens is 308 g/mol. The Kier molecular flexibility index (Phi) is 3.87. The van der Waals surface area contributed by atoms with Crippen LogP contribution in [0.3, 0.4) is 0 Å². The van der Waals surface area contributed by atoms with Crippen LogP contribution in [0.25, 0.3) is 11.2 Å². The molecule has 1 aromatic carbocycles. The largest absolute Gasteiger partial charge is 0.437 e. The van der Waals surface area contributed by atoms with Crippen molar-refractivity contribution in [1.29, 1.82) is 0 Å². The monoisotopic (exact) mass is 326 g/mol. The summed E-state index contributed by atoms with van der Waals surface area (Å²) >= 11 is 0. The van der Waals surface area contributed by atoms with Crippen LogP contribution in [0, 0.1) is 5.92 Å². The van der Waals surface area contributed by atoms with Crippen molar-refractivity contribution >= 4 is 11.2 Å². The van der Waals surface area contributed by atoms with Crippen molar-refractivity contribution in [2.75, 3.05) is 6.61 Å². The van der Waals surface area contributed by atoms with Crippen LogP contribution in [0.5, 0.6) is 11.6 Å². The second kappa shape index (κ2) is 6.18. The molecule has 0 bridgehead atoms. The molecule has 3 heterocycles. The van der Waals surface area contributed by atoms with Gasteiger partial charge in [0.2, 0.25) is 0 Å². The number of aromatic nitrogens is 4. The highest BCUT2D eigenvalue weighted by molar-refractivity contribution is 5.76. The van der Waals surface area contributed by atoms with Gasteiger partial charge in [-0.25, -0.2) is 9.97 Å². The van der Waals surface area contributed by atoms with E-state index in [1.165, 1.54) is 6.33 Å². The number of benzene rings is 1. The van der Waals surface area contributed by atoms with Crippen LogP contribution in [0.1, 0.15) is 19.6 Å². The zero-order chi connectivity index (χ0) is 16.5. The number of ether oxygens (including phenoxy) is 2. The van der Waals surface area contributed by atoms with Crippen LogP contribution in [-0.2, 0) is 4.74 Å². The lowest BCUT2D eigenvalue weighted by Gasteiger charge is -2.14. The van der Waals surface area contributed by atoms with E-state index >= 15 is 0 Å². The Bertz CT molecular complexity index is 836. The molecule has 124 valence electrons. The van der Waals surface area contributed by atoms with Gasteiger partial charge in [0, 0.05) is 0 Å². The number of para-hydroxylation sites is 1. The van der Waals surface area contributed by atoms with Crippen molar-refractivity contribution in [2.45, 2.75) is 25.7 Å². The van der Waals surface area contributed by atoms with Gasteiger partial charge >= 0.3 is 0 Å². The van der Waals surface area contributed by atoms with Crippen LogP contribution >= 0.6 is 0 Å². The minimum absolute atomic E-state index is 0.0155. The van der Waals surface area contributed by atoms with Crippen LogP contribution in [0.15, 0.2) is 43.0 Å². The van der Waals surface area contributed by atoms with E-state index in [4.69, 9.17) is 9.47 Å². The molecule has 1 N–H and O–H groups in total. The van der Waals surface area contributed by atoms with Gasteiger partial charge in [-0.15, -0.1) is 0 Å². The molecule has 0 amide bonds. The van der Waals surface area contributed by atoms with E-state index in [0.29, 0.717) is 22.8 Å². The summed E-state index contributed by atoms with van der Waals surface area (Å²) < 4.78 is 13.6. The van der Waals surface area contributed by atoms with Crippen molar-refractivity contribution in [1.82, 2.24) is 19.5 Å². The molecule has 1 aliphatic heterocycles. The normalized spacial score (nSPS) is 23.7. The van der Waals surface area contributed by atoms with E-state index in [2.05, 4.69) is 21.9 Å². The molecule has 3 atom stereocenters. The third kappa shape index (κ3) is 2.61. The Labute approximate surface area is 138 Å². The van der Waals surface area contributed by atoms with Crippen molar-refractivity contribution in [3.63, 3.8) is 0 Å². The number of fused-ring (bicyclic) bond motifs is 1. The molecule has 7 nitrogen and oxygen atoms in total. The van der Waals surface area contributed by atoms with Gasteiger partial charge < -0.3 is 14.6 Å². The summed E-state index contributed by atoms with van der Waals surface area (Å²) in [6.07, 6.45) is 3.60. The average molecular weight is 326 g/mol. The third-order valence-corrected chi connectivity index (χ3v) is 4.31. The Morgan fingerprint density at radius 1 is 1.25 bits per heavy atom. The highest BCUT2D eigenvalue weighted by Gasteiger charge is 2.33. The molecule has 3 aromatic rings. The first-order valence-electron chi connectivity index (χ1n) is 7.93. The third-order valence-electron chi connectivity index (χ3n) is 4.31. The van der Waals surface area contributed by atoms with Crippen molar-refractivity contribution in [3.8, 4) is 11.6 Å². The molecule has 0 aliphatic carbocycles. The van der Waals surface area contributed by atoms with E-state index < -0.39 is 0 Å². The molecule has 1 saturated heterocycles. The first-order valence-corrected chi connectivity index (χ1v) is 7.93. The topological polar surface area (TPSA) is 82.3 Å². The quantitative estimate of drug-likeness (QED) is 0.793. The zero-order valence-electron chi connectivity index (χ0n) is 13.2. The lowest BCUT2D eigenvalue weighted by molar-refractivity contribution is -0.0277. The van der Waals surface area contributed by atoms with Crippen LogP contribution < -0.4 is 4.74 Å². The highest BCUT2D eigenvalue weighted by Crippen LogP contribution is 2.35. The molecule has 4 rings (SSSR count). The average Bonchev–Trinajstić information content (AvgIpc) is 3.19. The Hall–Kier alpha value is -2.51. The second-order valence-corrected chi connectivity index (χ2v) is 5.94. The molecule has 1 fully saturated rings. The van der Waals surface area contributed by atoms with E-state index in [-0.39, 0.29) is 24.9 Å². The van der Waals surface area contributed by atoms with Gasteiger partial charge in [0.05, 0.1) is 19.0 Å². The molecule has 7 heteroatoms. The maximum Gasteiger partial charge on any atom is 0.250 e.